The predicted molar refractivity (Wildman–Crippen MR) is 87.0 cm³/mol. The number of halogens is 1. The van der Waals surface area contributed by atoms with Crippen LogP contribution >= 0.6 is 21.8 Å². The molecule has 116 valence electrons. The fourth-order valence-corrected chi connectivity index (χ4v) is 10.9. The van der Waals surface area contributed by atoms with Crippen LogP contribution in [0.15, 0.2) is 0 Å². The molecule has 6 nitrogen and oxygen atoms in total. The molecular formula is C12H24IN3O3Si. The van der Waals surface area contributed by atoms with Crippen LogP contribution in [-0.4, -0.2) is 98.7 Å². The van der Waals surface area contributed by atoms with Gasteiger partial charge in [0.1, 0.15) is 0 Å². The Kier molecular flexibility index (Phi) is 5.70. The number of rotatable bonds is 3. The van der Waals surface area contributed by atoms with E-state index >= 15 is 0 Å². The molecule has 3 heterocycles. The molecule has 0 aromatic heterocycles. The summed E-state index contributed by atoms with van der Waals surface area (Å²) in [5.41, 5.74) is 0. The van der Waals surface area contributed by atoms with Gasteiger partial charge in [0.2, 0.25) is 0 Å². The summed E-state index contributed by atoms with van der Waals surface area (Å²) in [6.45, 7) is 11.6. The Hall–Kier alpha value is 0.707. The van der Waals surface area contributed by atoms with E-state index in [1.165, 1.54) is 0 Å². The molecule has 0 N–H and O–H groups in total. The molecule has 0 spiro atoms. The molecule has 0 unspecified atom stereocenters. The number of nitrogens with zero attached hydrogens (tertiary/aromatic N) is 3. The zero-order valence-electron chi connectivity index (χ0n) is 11.9. The van der Waals surface area contributed by atoms with Crippen LogP contribution in [0.4, 0.5) is 0 Å². The van der Waals surface area contributed by atoms with E-state index in [0.29, 0.717) is 0 Å². The van der Waals surface area contributed by atoms with Crippen molar-refractivity contribution in [3.05, 3.63) is 0 Å². The van der Waals surface area contributed by atoms with Gasteiger partial charge < -0.3 is 14.2 Å². The summed E-state index contributed by atoms with van der Waals surface area (Å²) in [7, 11) is 0. The fourth-order valence-electron chi connectivity index (χ4n) is 3.14. The Labute approximate surface area is 134 Å². The molecule has 0 radical (unpaired) electrons. The van der Waals surface area contributed by atoms with Gasteiger partial charge in [-0.15, -0.1) is 0 Å². The highest BCUT2D eigenvalue weighted by Crippen LogP contribution is 2.30. The lowest BCUT2D eigenvalue weighted by Crippen LogP contribution is -2.75. The van der Waals surface area contributed by atoms with Crippen LogP contribution in [0.2, 0.25) is 0 Å². The van der Waals surface area contributed by atoms with Gasteiger partial charge in [0.25, 0.3) is 0 Å². The van der Waals surface area contributed by atoms with Crippen LogP contribution in [-0.2, 0) is 14.2 Å². The summed E-state index contributed by atoms with van der Waals surface area (Å²) in [6.07, 6.45) is 0. The molecule has 0 atom stereocenters. The van der Waals surface area contributed by atoms with Crippen LogP contribution in [0.1, 0.15) is 0 Å². The van der Waals surface area contributed by atoms with Crippen molar-refractivity contribution in [2.75, 3.05) is 78.9 Å². The van der Waals surface area contributed by atoms with E-state index in [1.54, 1.807) is 0 Å². The van der Waals surface area contributed by atoms with Crippen LogP contribution in [0, 0.1) is 0 Å². The van der Waals surface area contributed by atoms with Crippen molar-refractivity contribution in [3.63, 3.8) is 0 Å². The highest BCUT2D eigenvalue weighted by molar-refractivity contribution is 14.1. The lowest BCUT2D eigenvalue weighted by Gasteiger charge is -2.53. The Bertz CT molecular complexity index is 263. The SMILES string of the molecule is I[Si](N1CCOCC1)(N1CCOCC1)N1CCOCC1. The van der Waals surface area contributed by atoms with Crippen molar-refractivity contribution in [2.24, 2.45) is 0 Å². The van der Waals surface area contributed by atoms with Crippen molar-refractivity contribution in [3.8, 4) is 0 Å². The second-order valence-electron chi connectivity index (χ2n) is 5.35. The highest BCUT2D eigenvalue weighted by atomic mass is 127. The van der Waals surface area contributed by atoms with E-state index in [4.69, 9.17) is 14.2 Å². The quantitative estimate of drug-likeness (QED) is 0.364. The van der Waals surface area contributed by atoms with E-state index in [1.807, 2.05) is 0 Å². The van der Waals surface area contributed by atoms with Crippen molar-refractivity contribution in [1.82, 2.24) is 13.7 Å². The molecule has 0 aliphatic carbocycles. The van der Waals surface area contributed by atoms with Crippen molar-refractivity contribution in [1.29, 1.82) is 0 Å². The first-order valence-electron chi connectivity index (χ1n) is 7.49. The van der Waals surface area contributed by atoms with Gasteiger partial charge in [-0.1, -0.05) is 21.8 Å². The van der Waals surface area contributed by atoms with E-state index in [9.17, 15) is 0 Å². The number of hydrogen-bond acceptors (Lipinski definition) is 6. The van der Waals surface area contributed by atoms with Gasteiger partial charge in [0.15, 0.2) is 0 Å². The van der Waals surface area contributed by atoms with Crippen LogP contribution in [0.25, 0.3) is 0 Å². The topological polar surface area (TPSA) is 37.4 Å². The third-order valence-electron chi connectivity index (χ3n) is 4.24. The Morgan fingerprint density at radius 3 is 1.05 bits per heavy atom. The summed E-state index contributed by atoms with van der Waals surface area (Å²) in [4.78, 5) is 0. The third kappa shape index (κ3) is 3.22. The van der Waals surface area contributed by atoms with Crippen molar-refractivity contribution >= 4 is 27.9 Å². The molecule has 0 aromatic rings. The van der Waals surface area contributed by atoms with Crippen LogP contribution in [0.5, 0.6) is 0 Å². The standard InChI is InChI=1S/C12H24IN3O3Si/c13-20(14-1-7-17-8-2-14,15-3-9-18-10-4-15)16-5-11-19-12-6-16/h1-12H2. The molecule has 0 aromatic carbocycles. The third-order valence-corrected chi connectivity index (χ3v) is 14.1. The monoisotopic (exact) mass is 413 g/mol. The Balaban J connectivity index is 1.79. The first-order chi connectivity index (χ1) is 9.82. The Morgan fingerprint density at radius 2 is 0.800 bits per heavy atom. The van der Waals surface area contributed by atoms with Gasteiger partial charge in [-0.3, -0.25) is 13.7 Å². The molecule has 0 saturated carbocycles. The summed E-state index contributed by atoms with van der Waals surface area (Å²) in [5, 5.41) is 0. The van der Waals surface area contributed by atoms with Gasteiger partial charge >= 0.3 is 6.06 Å². The number of morpholine rings is 3. The Morgan fingerprint density at radius 1 is 0.550 bits per heavy atom. The second-order valence-corrected chi connectivity index (χ2v) is 12.7. The molecule has 3 rings (SSSR count). The molecule has 8 heteroatoms. The minimum absolute atomic E-state index is 0.867. The first kappa shape index (κ1) is 15.6. The van der Waals surface area contributed by atoms with Crippen molar-refractivity contribution < 1.29 is 14.2 Å². The maximum Gasteiger partial charge on any atom is 0.359 e. The van der Waals surface area contributed by atoms with E-state index in [-0.39, 0.29) is 0 Å². The van der Waals surface area contributed by atoms with Crippen LogP contribution in [0.3, 0.4) is 0 Å². The normalized spacial score (nSPS) is 28.6. The van der Waals surface area contributed by atoms with Gasteiger partial charge in [0.05, 0.1) is 39.6 Å². The highest BCUT2D eigenvalue weighted by Gasteiger charge is 2.50. The molecule has 3 fully saturated rings. The maximum atomic E-state index is 5.56. The van der Waals surface area contributed by atoms with E-state index < -0.39 is 6.06 Å². The van der Waals surface area contributed by atoms with Gasteiger partial charge in [-0.2, -0.15) is 0 Å². The average molecular weight is 413 g/mol. The smallest absolute Gasteiger partial charge is 0.359 e. The summed E-state index contributed by atoms with van der Waals surface area (Å²) >= 11 is 2.78. The predicted octanol–water partition coefficient (Wildman–Crippen LogP) is -0.146. The zero-order valence-corrected chi connectivity index (χ0v) is 15.1. The fraction of sp³-hybridized carbons (Fsp3) is 1.00. The summed E-state index contributed by atoms with van der Waals surface area (Å²) < 4.78 is 24.8. The van der Waals surface area contributed by atoms with E-state index in [2.05, 4.69) is 35.5 Å². The largest absolute Gasteiger partial charge is 0.379 e. The lowest BCUT2D eigenvalue weighted by atomic mass is 10.5. The molecule has 3 saturated heterocycles. The zero-order chi connectivity index (χ0) is 13.8. The number of ether oxygens (including phenoxy) is 3. The maximum absolute atomic E-state index is 5.56. The van der Waals surface area contributed by atoms with Gasteiger partial charge in [-0.25, -0.2) is 0 Å². The molecule has 20 heavy (non-hydrogen) atoms. The van der Waals surface area contributed by atoms with Gasteiger partial charge in [-0.05, 0) is 0 Å². The van der Waals surface area contributed by atoms with Gasteiger partial charge in [0, 0.05) is 39.3 Å². The van der Waals surface area contributed by atoms with E-state index in [0.717, 1.165) is 78.9 Å². The molecule has 3 aliphatic rings. The average Bonchev–Trinajstić information content (AvgIpc) is 2.56. The lowest BCUT2D eigenvalue weighted by molar-refractivity contribution is 0.0230. The molecular weight excluding hydrogens is 389 g/mol. The second kappa shape index (κ2) is 7.31. The summed E-state index contributed by atoms with van der Waals surface area (Å²) in [6, 6.07) is -1.82. The van der Waals surface area contributed by atoms with Crippen molar-refractivity contribution in [2.45, 2.75) is 0 Å². The van der Waals surface area contributed by atoms with Crippen LogP contribution < -0.4 is 0 Å². The minimum atomic E-state index is -1.82. The summed E-state index contributed by atoms with van der Waals surface area (Å²) in [5.74, 6) is 0. The molecule has 0 amide bonds. The molecule has 3 aliphatic heterocycles. The first-order valence-corrected chi connectivity index (χ1v) is 12.4. The minimum Gasteiger partial charge on any atom is -0.379 e. The molecule has 0 bridgehead atoms. The number of hydrogen-bond donors (Lipinski definition) is 0.